The van der Waals surface area contributed by atoms with Gasteiger partial charge in [0.25, 0.3) is 5.91 Å². The second kappa shape index (κ2) is 9.93. The lowest BCUT2D eigenvalue weighted by Gasteiger charge is -2.14. The zero-order chi connectivity index (χ0) is 22.4. The van der Waals surface area contributed by atoms with Gasteiger partial charge in [0.2, 0.25) is 0 Å². The molecule has 0 bridgehead atoms. The first kappa shape index (κ1) is 22.1. The van der Waals surface area contributed by atoms with Crippen molar-refractivity contribution >= 4 is 23.3 Å². The zero-order valence-corrected chi connectivity index (χ0v) is 18.3. The molecule has 0 fully saturated rings. The van der Waals surface area contributed by atoms with Crippen LogP contribution >= 0.6 is 0 Å². The van der Waals surface area contributed by atoms with E-state index >= 15 is 0 Å². The average Bonchev–Trinajstić information content (AvgIpc) is 3.16. The van der Waals surface area contributed by atoms with E-state index in [-0.39, 0.29) is 18.0 Å². The van der Waals surface area contributed by atoms with Gasteiger partial charge in [0.05, 0.1) is 11.3 Å². The van der Waals surface area contributed by atoms with E-state index in [2.05, 4.69) is 39.3 Å². The Labute approximate surface area is 182 Å². The number of rotatable bonds is 7. The molecule has 1 aromatic heterocycles. The van der Waals surface area contributed by atoms with E-state index in [4.69, 9.17) is 0 Å². The van der Waals surface area contributed by atoms with Crippen LogP contribution < -0.4 is 16.0 Å². The van der Waals surface area contributed by atoms with Gasteiger partial charge in [0.15, 0.2) is 0 Å². The van der Waals surface area contributed by atoms with Gasteiger partial charge in [-0.2, -0.15) is 0 Å². The lowest BCUT2D eigenvalue weighted by Crippen LogP contribution is -2.34. The maximum absolute atomic E-state index is 12.9. The van der Waals surface area contributed by atoms with Crippen LogP contribution in [-0.2, 0) is 6.54 Å². The van der Waals surface area contributed by atoms with Crippen molar-refractivity contribution in [3.8, 4) is 0 Å². The molecule has 0 radical (unpaired) electrons. The second-order valence-corrected chi connectivity index (χ2v) is 8.02. The molecule has 0 aliphatic heterocycles. The molecule has 0 atom stereocenters. The summed E-state index contributed by atoms with van der Waals surface area (Å²) in [6, 6.07) is 14.3. The predicted octanol–water partition coefficient (Wildman–Crippen LogP) is 4.84. The van der Waals surface area contributed by atoms with E-state index in [1.165, 1.54) is 0 Å². The fraction of sp³-hybridized carbons (Fsp3) is 0.292. The Balaban J connectivity index is 1.74. The predicted molar refractivity (Wildman–Crippen MR) is 124 cm³/mol. The highest BCUT2D eigenvalue weighted by molar-refractivity contribution is 6.10. The van der Waals surface area contributed by atoms with Crippen molar-refractivity contribution in [2.24, 2.45) is 0 Å². The molecule has 0 spiro atoms. The number of aromatic nitrogens is 2. The molecular weight excluding hydrogens is 390 g/mol. The van der Waals surface area contributed by atoms with Crippen molar-refractivity contribution in [2.45, 2.75) is 46.2 Å². The monoisotopic (exact) mass is 419 g/mol. The minimum absolute atomic E-state index is 0.00422. The molecule has 2 aromatic carbocycles. The molecule has 0 saturated carbocycles. The van der Waals surface area contributed by atoms with Gasteiger partial charge in [-0.15, -0.1) is 0 Å². The van der Waals surface area contributed by atoms with Crippen molar-refractivity contribution in [1.82, 2.24) is 14.9 Å². The summed E-state index contributed by atoms with van der Waals surface area (Å²) in [4.78, 5) is 29.4. The van der Waals surface area contributed by atoms with Gasteiger partial charge in [0.1, 0.15) is 5.82 Å². The van der Waals surface area contributed by atoms with Crippen LogP contribution in [0.25, 0.3) is 0 Å². The molecule has 3 rings (SSSR count). The summed E-state index contributed by atoms with van der Waals surface area (Å²) >= 11 is 0. The van der Waals surface area contributed by atoms with E-state index in [0.717, 1.165) is 11.4 Å². The second-order valence-electron chi connectivity index (χ2n) is 8.02. The van der Waals surface area contributed by atoms with Crippen LogP contribution in [0.15, 0.2) is 60.9 Å². The Morgan fingerprint density at radius 3 is 2.52 bits per heavy atom. The number of carbonyl (C=O) groups is 2. The lowest BCUT2D eigenvalue weighted by atomic mass is 10.1. The quantitative estimate of drug-likeness (QED) is 0.512. The molecule has 0 aliphatic carbocycles. The Bertz CT molecular complexity index is 1060. The molecule has 7 nitrogen and oxygen atoms in total. The Hall–Kier alpha value is -3.61. The van der Waals surface area contributed by atoms with E-state index in [0.29, 0.717) is 29.4 Å². The van der Waals surface area contributed by atoms with Crippen molar-refractivity contribution in [3.05, 3.63) is 77.9 Å². The zero-order valence-electron chi connectivity index (χ0n) is 18.3. The van der Waals surface area contributed by atoms with Gasteiger partial charge in [-0.1, -0.05) is 38.1 Å². The molecule has 3 aromatic rings. The number of nitrogens with one attached hydrogen (secondary N) is 3. The number of urea groups is 1. The summed E-state index contributed by atoms with van der Waals surface area (Å²) in [5.41, 5.74) is 2.59. The molecule has 3 amide bonds. The maximum Gasteiger partial charge on any atom is 0.319 e. The largest absolute Gasteiger partial charge is 0.336 e. The van der Waals surface area contributed by atoms with E-state index < -0.39 is 0 Å². The number of carbonyl (C=O) groups excluding carboxylic acids is 2. The highest BCUT2D eigenvalue weighted by atomic mass is 16.2. The molecule has 3 N–H and O–H groups in total. The van der Waals surface area contributed by atoms with Crippen LogP contribution in [0.5, 0.6) is 0 Å². The molecule has 0 aliphatic rings. The number of amides is 3. The highest BCUT2D eigenvalue weighted by Crippen LogP contribution is 2.20. The van der Waals surface area contributed by atoms with Crippen LogP contribution in [-0.4, -0.2) is 27.5 Å². The normalized spacial score (nSPS) is 10.9. The number of imidazole rings is 1. The van der Waals surface area contributed by atoms with Gasteiger partial charge >= 0.3 is 6.03 Å². The Kier molecular flexibility index (Phi) is 7.07. The Morgan fingerprint density at radius 2 is 1.77 bits per heavy atom. The molecule has 0 unspecified atom stereocenters. The Morgan fingerprint density at radius 1 is 1.00 bits per heavy atom. The van der Waals surface area contributed by atoms with Crippen molar-refractivity contribution in [1.29, 1.82) is 0 Å². The lowest BCUT2D eigenvalue weighted by molar-refractivity contribution is 0.102. The molecule has 31 heavy (non-hydrogen) atoms. The molecular formula is C24H29N5O2. The van der Waals surface area contributed by atoms with Crippen LogP contribution in [0.2, 0.25) is 0 Å². The summed E-state index contributed by atoms with van der Waals surface area (Å²) in [5.74, 6) is 1.06. The number of nitrogens with zero attached hydrogens (tertiary/aromatic N) is 2. The number of para-hydroxylation sites is 1. The van der Waals surface area contributed by atoms with E-state index in [1.54, 1.807) is 30.5 Å². The first-order valence-electron chi connectivity index (χ1n) is 10.4. The summed E-state index contributed by atoms with van der Waals surface area (Å²) in [6.45, 7) is 8.65. The molecule has 7 heteroatoms. The number of benzene rings is 2. The standard InChI is InChI=1S/C24H29N5O2/c1-16(2)22-25-12-13-29(22)15-18-8-7-9-19(14-18)27-23(30)20-10-5-6-11-21(20)28-24(31)26-17(3)4/h5-14,16-17H,15H2,1-4H3,(H,27,30)(H2,26,28,31). The van der Waals surface area contributed by atoms with Gasteiger partial charge in [-0.05, 0) is 43.7 Å². The minimum Gasteiger partial charge on any atom is -0.336 e. The first-order valence-corrected chi connectivity index (χ1v) is 10.4. The highest BCUT2D eigenvalue weighted by Gasteiger charge is 2.14. The third-order valence-corrected chi connectivity index (χ3v) is 4.64. The fourth-order valence-corrected chi connectivity index (χ4v) is 3.31. The minimum atomic E-state index is -0.349. The van der Waals surface area contributed by atoms with Gasteiger partial charge < -0.3 is 20.5 Å². The molecule has 0 saturated heterocycles. The summed E-state index contributed by atoms with van der Waals surface area (Å²) in [6.07, 6.45) is 3.77. The average molecular weight is 420 g/mol. The number of anilines is 2. The van der Waals surface area contributed by atoms with Crippen molar-refractivity contribution in [3.63, 3.8) is 0 Å². The van der Waals surface area contributed by atoms with Crippen LogP contribution in [0.4, 0.5) is 16.2 Å². The van der Waals surface area contributed by atoms with Crippen molar-refractivity contribution < 1.29 is 9.59 Å². The van der Waals surface area contributed by atoms with Crippen LogP contribution in [0.1, 0.15) is 55.4 Å². The summed E-state index contributed by atoms with van der Waals surface area (Å²) < 4.78 is 2.11. The third-order valence-electron chi connectivity index (χ3n) is 4.64. The molecule has 162 valence electrons. The molecule has 1 heterocycles. The summed E-state index contributed by atoms with van der Waals surface area (Å²) in [5, 5.41) is 8.44. The van der Waals surface area contributed by atoms with Gasteiger partial charge in [-0.25, -0.2) is 9.78 Å². The number of hydrogen-bond acceptors (Lipinski definition) is 3. The van der Waals surface area contributed by atoms with E-state index in [1.807, 2.05) is 44.3 Å². The van der Waals surface area contributed by atoms with Crippen LogP contribution in [0.3, 0.4) is 0 Å². The topological polar surface area (TPSA) is 88.0 Å². The van der Waals surface area contributed by atoms with E-state index in [9.17, 15) is 9.59 Å². The van der Waals surface area contributed by atoms with Crippen molar-refractivity contribution in [2.75, 3.05) is 10.6 Å². The number of hydrogen-bond donors (Lipinski definition) is 3. The summed E-state index contributed by atoms with van der Waals surface area (Å²) in [7, 11) is 0. The van der Waals surface area contributed by atoms with Crippen LogP contribution in [0, 0.1) is 0 Å². The third kappa shape index (κ3) is 5.94. The van der Waals surface area contributed by atoms with Gasteiger partial charge in [-0.3, -0.25) is 4.79 Å². The SMILES string of the molecule is CC(C)NC(=O)Nc1ccccc1C(=O)Nc1cccc(Cn2ccnc2C(C)C)c1. The van der Waals surface area contributed by atoms with Gasteiger partial charge in [0, 0.05) is 36.6 Å². The fourth-order valence-electron chi connectivity index (χ4n) is 3.31. The smallest absolute Gasteiger partial charge is 0.319 e. The first-order chi connectivity index (χ1) is 14.8. The maximum atomic E-state index is 12.9.